The molecule has 0 saturated carbocycles. The van der Waals surface area contributed by atoms with Crippen LogP contribution in [0.25, 0.3) is 0 Å². The highest BCUT2D eigenvalue weighted by Gasteiger charge is 2.29. The van der Waals surface area contributed by atoms with E-state index in [-0.39, 0.29) is 6.54 Å². The van der Waals surface area contributed by atoms with Gasteiger partial charge in [-0.15, -0.1) is 0 Å². The molecule has 0 atom stereocenters. The fourth-order valence-corrected chi connectivity index (χ4v) is 1.42. The minimum absolute atomic E-state index is 0.242. The Morgan fingerprint density at radius 3 is 2.87 bits per heavy atom. The SMILES string of the molecule is NCC#Cc1cccc2c1NC(=O)C2=O. The molecule has 0 fully saturated rings. The first-order valence-electron chi connectivity index (χ1n) is 4.41. The number of hydrogen-bond acceptors (Lipinski definition) is 3. The predicted molar refractivity (Wildman–Crippen MR) is 55.3 cm³/mol. The number of Topliss-reactive ketones (excluding diaryl/α,β-unsaturated/α-hetero) is 1. The number of anilines is 1. The van der Waals surface area contributed by atoms with E-state index in [9.17, 15) is 9.59 Å². The van der Waals surface area contributed by atoms with Crippen LogP contribution in [0.5, 0.6) is 0 Å². The van der Waals surface area contributed by atoms with Gasteiger partial charge in [0.2, 0.25) is 0 Å². The molecule has 1 heterocycles. The van der Waals surface area contributed by atoms with Crippen molar-refractivity contribution < 1.29 is 9.59 Å². The summed E-state index contributed by atoms with van der Waals surface area (Å²) in [7, 11) is 0. The van der Waals surface area contributed by atoms with E-state index in [0.29, 0.717) is 16.8 Å². The first kappa shape index (κ1) is 9.44. The molecule has 2 rings (SSSR count). The van der Waals surface area contributed by atoms with Gasteiger partial charge in [-0.25, -0.2) is 0 Å². The minimum atomic E-state index is -0.605. The summed E-state index contributed by atoms with van der Waals surface area (Å²) in [6.45, 7) is 0.242. The summed E-state index contributed by atoms with van der Waals surface area (Å²) in [5.74, 6) is 4.37. The quantitative estimate of drug-likeness (QED) is 0.462. The highest BCUT2D eigenvalue weighted by atomic mass is 16.2. The molecule has 0 aliphatic carbocycles. The van der Waals surface area contributed by atoms with E-state index in [0.717, 1.165) is 0 Å². The summed E-state index contributed by atoms with van der Waals surface area (Å²) in [5.41, 5.74) is 6.74. The monoisotopic (exact) mass is 200 g/mol. The van der Waals surface area contributed by atoms with Crippen LogP contribution in [0, 0.1) is 11.8 Å². The third kappa shape index (κ3) is 1.49. The zero-order valence-electron chi connectivity index (χ0n) is 7.83. The summed E-state index contributed by atoms with van der Waals surface area (Å²) in [4.78, 5) is 22.5. The molecule has 0 bridgehead atoms. The van der Waals surface area contributed by atoms with Crippen molar-refractivity contribution in [2.45, 2.75) is 0 Å². The molecule has 1 aromatic rings. The Balaban J connectivity index is 2.54. The van der Waals surface area contributed by atoms with Gasteiger partial charge in [-0.1, -0.05) is 17.9 Å². The van der Waals surface area contributed by atoms with Gasteiger partial charge in [-0.3, -0.25) is 9.59 Å². The van der Waals surface area contributed by atoms with Crippen LogP contribution in [0.3, 0.4) is 0 Å². The van der Waals surface area contributed by atoms with Gasteiger partial charge in [-0.05, 0) is 12.1 Å². The Kier molecular flexibility index (Phi) is 2.24. The molecule has 0 aromatic heterocycles. The lowest BCUT2D eigenvalue weighted by molar-refractivity contribution is -0.112. The number of carbonyl (C=O) groups is 2. The molecule has 4 heteroatoms. The van der Waals surface area contributed by atoms with Gasteiger partial charge >= 0.3 is 0 Å². The highest BCUT2D eigenvalue weighted by molar-refractivity contribution is 6.51. The van der Waals surface area contributed by atoms with E-state index in [4.69, 9.17) is 5.73 Å². The standard InChI is InChI=1S/C11H8N2O2/c12-6-2-4-7-3-1-5-8-9(7)13-11(15)10(8)14/h1,3,5H,6,12H2,(H,13,14,15). The number of rotatable bonds is 0. The van der Waals surface area contributed by atoms with Gasteiger partial charge in [0.05, 0.1) is 17.8 Å². The Morgan fingerprint density at radius 1 is 1.33 bits per heavy atom. The molecule has 15 heavy (non-hydrogen) atoms. The predicted octanol–water partition coefficient (Wildman–Crippen LogP) is 0.132. The normalized spacial score (nSPS) is 12.9. The average Bonchev–Trinajstić information content (AvgIpc) is 2.53. The van der Waals surface area contributed by atoms with Crippen molar-refractivity contribution >= 4 is 17.4 Å². The van der Waals surface area contributed by atoms with Gasteiger partial charge in [0, 0.05) is 5.56 Å². The van der Waals surface area contributed by atoms with Crippen molar-refractivity contribution in [3.63, 3.8) is 0 Å². The first-order valence-corrected chi connectivity index (χ1v) is 4.41. The van der Waals surface area contributed by atoms with Crippen molar-refractivity contribution in [2.75, 3.05) is 11.9 Å². The van der Waals surface area contributed by atoms with E-state index in [1.165, 1.54) is 0 Å². The minimum Gasteiger partial charge on any atom is -0.320 e. The van der Waals surface area contributed by atoms with Crippen molar-refractivity contribution in [3.8, 4) is 11.8 Å². The Morgan fingerprint density at radius 2 is 2.13 bits per heavy atom. The van der Waals surface area contributed by atoms with Gasteiger partial charge in [-0.2, -0.15) is 0 Å². The Hall–Kier alpha value is -2.12. The topological polar surface area (TPSA) is 72.2 Å². The van der Waals surface area contributed by atoms with E-state index >= 15 is 0 Å². The molecule has 1 aliphatic rings. The molecule has 0 spiro atoms. The molecule has 1 aliphatic heterocycles. The molecule has 74 valence electrons. The maximum absolute atomic E-state index is 11.3. The fourth-order valence-electron chi connectivity index (χ4n) is 1.42. The molecule has 0 radical (unpaired) electrons. The number of hydrogen-bond donors (Lipinski definition) is 2. The van der Waals surface area contributed by atoms with E-state index < -0.39 is 11.7 Å². The molecule has 1 amide bonds. The number of para-hydroxylation sites is 1. The smallest absolute Gasteiger partial charge is 0.296 e. The van der Waals surface area contributed by atoms with E-state index in [1.54, 1.807) is 18.2 Å². The van der Waals surface area contributed by atoms with E-state index in [2.05, 4.69) is 17.2 Å². The van der Waals surface area contributed by atoms with Crippen molar-refractivity contribution in [1.29, 1.82) is 0 Å². The summed E-state index contributed by atoms with van der Waals surface area (Å²) in [5, 5.41) is 2.49. The third-order valence-electron chi connectivity index (χ3n) is 2.08. The number of ketones is 1. The van der Waals surface area contributed by atoms with Crippen LogP contribution in [0.1, 0.15) is 15.9 Å². The van der Waals surface area contributed by atoms with Crippen LogP contribution in [0.4, 0.5) is 5.69 Å². The average molecular weight is 200 g/mol. The van der Waals surface area contributed by atoms with Crippen LogP contribution in [-0.2, 0) is 4.79 Å². The second-order valence-corrected chi connectivity index (χ2v) is 3.02. The molecular formula is C11H8N2O2. The lowest BCUT2D eigenvalue weighted by Gasteiger charge is -1.99. The third-order valence-corrected chi connectivity index (χ3v) is 2.08. The summed E-state index contributed by atoms with van der Waals surface area (Å²) < 4.78 is 0. The maximum atomic E-state index is 11.3. The molecule has 4 nitrogen and oxygen atoms in total. The Bertz CT molecular complexity index is 509. The summed E-state index contributed by atoms with van der Waals surface area (Å²) >= 11 is 0. The molecule has 3 N–H and O–H groups in total. The van der Waals surface area contributed by atoms with Crippen LogP contribution in [0.2, 0.25) is 0 Å². The van der Waals surface area contributed by atoms with Crippen molar-refractivity contribution in [1.82, 2.24) is 0 Å². The van der Waals surface area contributed by atoms with Gasteiger partial charge in [0.15, 0.2) is 0 Å². The zero-order chi connectivity index (χ0) is 10.8. The Labute approximate surface area is 86.5 Å². The summed E-state index contributed by atoms with van der Waals surface area (Å²) in [6, 6.07) is 5.03. The van der Waals surface area contributed by atoms with E-state index in [1.807, 2.05) is 0 Å². The molecule has 0 saturated heterocycles. The number of nitrogens with two attached hydrogens (primary N) is 1. The second kappa shape index (κ2) is 3.56. The lowest BCUT2D eigenvalue weighted by Crippen LogP contribution is -2.12. The summed E-state index contributed by atoms with van der Waals surface area (Å²) in [6.07, 6.45) is 0. The zero-order valence-corrected chi connectivity index (χ0v) is 7.83. The van der Waals surface area contributed by atoms with Gasteiger partial charge in [0.25, 0.3) is 11.7 Å². The number of amides is 1. The van der Waals surface area contributed by atoms with Gasteiger partial charge in [0.1, 0.15) is 0 Å². The lowest BCUT2D eigenvalue weighted by atomic mass is 10.1. The van der Waals surface area contributed by atoms with Crippen molar-refractivity contribution in [3.05, 3.63) is 29.3 Å². The van der Waals surface area contributed by atoms with Crippen LogP contribution in [-0.4, -0.2) is 18.2 Å². The fraction of sp³-hybridized carbons (Fsp3) is 0.0909. The highest BCUT2D eigenvalue weighted by Crippen LogP contribution is 2.26. The molecule has 1 aromatic carbocycles. The van der Waals surface area contributed by atoms with Crippen molar-refractivity contribution in [2.24, 2.45) is 5.73 Å². The first-order chi connectivity index (χ1) is 7.24. The number of nitrogens with one attached hydrogen (secondary N) is 1. The number of fused-ring (bicyclic) bond motifs is 1. The van der Waals surface area contributed by atoms with Gasteiger partial charge < -0.3 is 11.1 Å². The van der Waals surface area contributed by atoms with Crippen LogP contribution >= 0.6 is 0 Å². The maximum Gasteiger partial charge on any atom is 0.296 e. The van der Waals surface area contributed by atoms with Crippen LogP contribution < -0.4 is 11.1 Å². The molecular weight excluding hydrogens is 192 g/mol. The van der Waals surface area contributed by atoms with Crippen LogP contribution in [0.15, 0.2) is 18.2 Å². The second-order valence-electron chi connectivity index (χ2n) is 3.02. The number of benzene rings is 1. The molecule has 0 unspecified atom stereocenters. The number of carbonyl (C=O) groups excluding carboxylic acids is 2. The largest absolute Gasteiger partial charge is 0.320 e.